The molecule has 7 heteroatoms. The number of nitrogens with zero attached hydrogens (tertiary/aromatic N) is 5. The van der Waals surface area contributed by atoms with Gasteiger partial charge in [-0.2, -0.15) is 15.0 Å². The number of rotatable bonds is 5. The predicted molar refractivity (Wildman–Crippen MR) is 76.9 cm³/mol. The van der Waals surface area contributed by atoms with Crippen LogP contribution >= 0.6 is 0 Å². The van der Waals surface area contributed by atoms with E-state index >= 15 is 0 Å². The molecule has 0 amide bonds. The molecule has 2 aliphatic heterocycles. The first-order valence-corrected chi connectivity index (χ1v) is 7.43. The molecule has 0 saturated carbocycles. The van der Waals surface area contributed by atoms with Gasteiger partial charge in [-0.15, -0.1) is 0 Å². The molecule has 2 fully saturated rings. The van der Waals surface area contributed by atoms with E-state index in [0.29, 0.717) is 18.6 Å². The van der Waals surface area contributed by atoms with Crippen molar-refractivity contribution < 1.29 is 4.74 Å². The molecule has 2 N–H and O–H groups in total. The first kappa shape index (κ1) is 13.4. The van der Waals surface area contributed by atoms with E-state index in [4.69, 9.17) is 10.5 Å². The number of hydrogen-bond acceptors (Lipinski definition) is 7. The number of hydrogen-bond donors (Lipinski definition) is 1. The summed E-state index contributed by atoms with van der Waals surface area (Å²) in [6.07, 6.45) is 4.93. The quantitative estimate of drug-likeness (QED) is 0.841. The monoisotopic (exact) mass is 278 g/mol. The van der Waals surface area contributed by atoms with Gasteiger partial charge in [0.15, 0.2) is 0 Å². The molecule has 1 aromatic rings. The van der Waals surface area contributed by atoms with E-state index in [-0.39, 0.29) is 5.95 Å². The first-order chi connectivity index (χ1) is 9.81. The standard InChI is InChI=1S/C13H22N6O/c14-11-15-12(19-7-3-4-8-19)17-13(16-11)20-10-9-18-5-1-2-6-18/h1-10H2,(H2,14,15,16,17). The molecule has 0 aliphatic carbocycles. The van der Waals surface area contributed by atoms with E-state index in [0.717, 1.165) is 19.6 Å². The van der Waals surface area contributed by atoms with Gasteiger partial charge in [-0.25, -0.2) is 0 Å². The van der Waals surface area contributed by atoms with Crippen molar-refractivity contribution in [1.82, 2.24) is 19.9 Å². The Kier molecular flexibility index (Phi) is 4.15. The highest BCUT2D eigenvalue weighted by atomic mass is 16.5. The van der Waals surface area contributed by atoms with Crippen LogP contribution in [0.3, 0.4) is 0 Å². The molecule has 110 valence electrons. The molecule has 0 unspecified atom stereocenters. The lowest BCUT2D eigenvalue weighted by molar-refractivity contribution is 0.225. The minimum absolute atomic E-state index is 0.234. The zero-order chi connectivity index (χ0) is 13.8. The van der Waals surface area contributed by atoms with Crippen molar-refractivity contribution in [3.63, 3.8) is 0 Å². The van der Waals surface area contributed by atoms with E-state index in [1.165, 1.54) is 38.8 Å². The van der Waals surface area contributed by atoms with Crippen LogP contribution in [0.25, 0.3) is 0 Å². The van der Waals surface area contributed by atoms with Crippen molar-refractivity contribution >= 4 is 11.9 Å². The van der Waals surface area contributed by atoms with E-state index < -0.39 is 0 Å². The Morgan fingerprint density at radius 1 is 0.950 bits per heavy atom. The first-order valence-electron chi connectivity index (χ1n) is 7.43. The number of nitrogens with two attached hydrogens (primary N) is 1. The molecular formula is C13H22N6O. The Morgan fingerprint density at radius 2 is 1.65 bits per heavy atom. The lowest BCUT2D eigenvalue weighted by Crippen LogP contribution is -2.26. The average molecular weight is 278 g/mol. The average Bonchev–Trinajstić information content (AvgIpc) is 3.11. The molecule has 2 saturated heterocycles. The molecular weight excluding hydrogens is 256 g/mol. The molecule has 3 heterocycles. The van der Waals surface area contributed by atoms with Gasteiger partial charge in [0.05, 0.1) is 0 Å². The topological polar surface area (TPSA) is 80.4 Å². The summed E-state index contributed by atoms with van der Waals surface area (Å²) in [6.45, 7) is 5.82. The second-order valence-corrected chi connectivity index (χ2v) is 5.37. The molecule has 1 aromatic heterocycles. The van der Waals surface area contributed by atoms with Crippen molar-refractivity contribution in [2.24, 2.45) is 0 Å². The third-order valence-corrected chi connectivity index (χ3v) is 3.85. The van der Waals surface area contributed by atoms with E-state index in [2.05, 4.69) is 24.8 Å². The highest BCUT2D eigenvalue weighted by Crippen LogP contribution is 2.18. The Labute approximate surface area is 119 Å². The Balaban J connectivity index is 1.57. The highest BCUT2D eigenvalue weighted by Gasteiger charge is 2.17. The summed E-state index contributed by atoms with van der Waals surface area (Å²) in [7, 11) is 0. The van der Waals surface area contributed by atoms with Crippen LogP contribution in [0.5, 0.6) is 6.01 Å². The van der Waals surface area contributed by atoms with Crippen LogP contribution in [-0.2, 0) is 0 Å². The van der Waals surface area contributed by atoms with Crippen LogP contribution in [0, 0.1) is 0 Å². The summed E-state index contributed by atoms with van der Waals surface area (Å²) >= 11 is 0. The molecule has 0 spiro atoms. The summed E-state index contributed by atoms with van der Waals surface area (Å²) in [6, 6.07) is 0.346. The maximum absolute atomic E-state index is 5.74. The summed E-state index contributed by atoms with van der Waals surface area (Å²) in [5, 5.41) is 0. The van der Waals surface area contributed by atoms with Gasteiger partial charge in [-0.05, 0) is 38.8 Å². The predicted octanol–water partition coefficient (Wildman–Crippen LogP) is 0.529. The van der Waals surface area contributed by atoms with Crippen molar-refractivity contribution in [3.8, 4) is 6.01 Å². The van der Waals surface area contributed by atoms with Gasteiger partial charge in [0, 0.05) is 19.6 Å². The summed E-state index contributed by atoms with van der Waals surface area (Å²) in [5.74, 6) is 0.879. The second kappa shape index (κ2) is 6.21. The van der Waals surface area contributed by atoms with Crippen molar-refractivity contribution in [2.45, 2.75) is 25.7 Å². The van der Waals surface area contributed by atoms with Crippen LogP contribution < -0.4 is 15.4 Å². The fraction of sp³-hybridized carbons (Fsp3) is 0.769. The van der Waals surface area contributed by atoms with Gasteiger partial charge in [-0.3, -0.25) is 4.90 Å². The zero-order valence-electron chi connectivity index (χ0n) is 11.8. The van der Waals surface area contributed by atoms with E-state index in [1.807, 2.05) is 0 Å². The number of nitrogen functional groups attached to an aromatic ring is 1. The van der Waals surface area contributed by atoms with Crippen LogP contribution in [0.15, 0.2) is 0 Å². The van der Waals surface area contributed by atoms with Crippen LogP contribution in [0.4, 0.5) is 11.9 Å². The Morgan fingerprint density at radius 3 is 2.40 bits per heavy atom. The summed E-state index contributed by atoms with van der Waals surface area (Å²) < 4.78 is 5.64. The van der Waals surface area contributed by atoms with Crippen LogP contribution in [-0.4, -0.2) is 59.2 Å². The highest BCUT2D eigenvalue weighted by molar-refractivity contribution is 5.36. The van der Waals surface area contributed by atoms with Crippen molar-refractivity contribution in [2.75, 3.05) is 50.0 Å². The second-order valence-electron chi connectivity index (χ2n) is 5.37. The summed E-state index contributed by atoms with van der Waals surface area (Å²) in [5.41, 5.74) is 5.74. The van der Waals surface area contributed by atoms with Crippen LogP contribution in [0.1, 0.15) is 25.7 Å². The van der Waals surface area contributed by atoms with Gasteiger partial charge in [0.1, 0.15) is 6.61 Å². The van der Waals surface area contributed by atoms with E-state index in [1.54, 1.807) is 0 Å². The van der Waals surface area contributed by atoms with Gasteiger partial charge in [-0.1, -0.05) is 0 Å². The van der Waals surface area contributed by atoms with Gasteiger partial charge >= 0.3 is 6.01 Å². The normalized spacial score (nSPS) is 19.7. The van der Waals surface area contributed by atoms with E-state index in [9.17, 15) is 0 Å². The molecule has 0 radical (unpaired) electrons. The number of anilines is 2. The fourth-order valence-electron chi connectivity index (χ4n) is 2.76. The molecule has 0 aromatic carbocycles. The molecule has 2 aliphatic rings. The largest absolute Gasteiger partial charge is 0.462 e. The molecule has 0 bridgehead atoms. The SMILES string of the molecule is Nc1nc(OCCN2CCCC2)nc(N2CCCC2)n1. The maximum atomic E-state index is 5.74. The Bertz CT molecular complexity index is 442. The number of ether oxygens (including phenoxy) is 1. The lowest BCUT2D eigenvalue weighted by atomic mass is 10.4. The minimum atomic E-state index is 0.234. The maximum Gasteiger partial charge on any atom is 0.323 e. The van der Waals surface area contributed by atoms with Crippen LogP contribution in [0.2, 0.25) is 0 Å². The Hall–Kier alpha value is -1.63. The molecule has 3 rings (SSSR count). The third kappa shape index (κ3) is 3.27. The number of aromatic nitrogens is 3. The number of likely N-dealkylation sites (tertiary alicyclic amines) is 1. The van der Waals surface area contributed by atoms with Gasteiger partial charge in [0.25, 0.3) is 0 Å². The zero-order valence-corrected chi connectivity index (χ0v) is 11.8. The van der Waals surface area contributed by atoms with Crippen molar-refractivity contribution in [3.05, 3.63) is 0 Å². The smallest absolute Gasteiger partial charge is 0.323 e. The summed E-state index contributed by atoms with van der Waals surface area (Å²) in [4.78, 5) is 17.1. The molecule has 0 atom stereocenters. The van der Waals surface area contributed by atoms with Gasteiger partial charge in [0.2, 0.25) is 11.9 Å². The fourth-order valence-corrected chi connectivity index (χ4v) is 2.76. The molecule has 20 heavy (non-hydrogen) atoms. The molecule has 7 nitrogen and oxygen atoms in total. The lowest BCUT2D eigenvalue weighted by Gasteiger charge is -2.17. The van der Waals surface area contributed by atoms with Gasteiger partial charge < -0.3 is 15.4 Å². The minimum Gasteiger partial charge on any atom is -0.462 e. The van der Waals surface area contributed by atoms with Crippen molar-refractivity contribution in [1.29, 1.82) is 0 Å². The third-order valence-electron chi connectivity index (χ3n) is 3.85.